The van der Waals surface area contributed by atoms with Crippen LogP contribution in [0.1, 0.15) is 54.5 Å². The minimum atomic E-state index is -2.55. The Balaban J connectivity index is 2.14. The fourth-order valence-corrected chi connectivity index (χ4v) is 4.26. The molecule has 29 heavy (non-hydrogen) atoms. The Morgan fingerprint density at radius 3 is 2.48 bits per heavy atom. The molecule has 0 amide bonds. The maximum atomic E-state index is 9.04. The monoisotopic (exact) mass is 388 g/mol. The van der Waals surface area contributed by atoms with Crippen molar-refractivity contribution in [1.29, 1.82) is 0 Å². The number of aromatic nitrogens is 1. The van der Waals surface area contributed by atoms with E-state index in [4.69, 9.17) is 17.8 Å². The van der Waals surface area contributed by atoms with Crippen molar-refractivity contribution in [2.24, 2.45) is 7.05 Å². The number of hydrogen-bond acceptors (Lipinski definition) is 1. The lowest BCUT2D eigenvalue weighted by molar-refractivity contribution is -0.667. The molecule has 2 heterocycles. The number of benzene rings is 2. The van der Waals surface area contributed by atoms with Crippen LogP contribution in [-0.2, 0) is 7.05 Å². The molecular formula is C26H27N2O+. The summed E-state index contributed by atoms with van der Waals surface area (Å²) in [7, 11) is 1.80. The first-order valence-corrected chi connectivity index (χ1v) is 9.57. The predicted octanol–water partition coefficient (Wildman–Crippen LogP) is 6.99. The van der Waals surface area contributed by atoms with Crippen LogP contribution in [0.3, 0.4) is 0 Å². The molecule has 3 nitrogen and oxygen atoms in total. The second-order valence-electron chi connectivity index (χ2n) is 7.68. The molecule has 0 fully saturated rings. The van der Waals surface area contributed by atoms with Crippen molar-refractivity contribution in [1.82, 2.24) is 0 Å². The van der Waals surface area contributed by atoms with E-state index in [0.29, 0.717) is 39.4 Å². The number of furan rings is 1. The number of fused-ring (bicyclic) bond motifs is 3. The Hall–Kier alpha value is -3.12. The highest BCUT2D eigenvalue weighted by Gasteiger charge is 2.25. The van der Waals surface area contributed by atoms with Crippen LogP contribution in [0.2, 0.25) is 0 Å². The Kier molecular flexibility index (Phi) is 3.24. The van der Waals surface area contributed by atoms with Crippen molar-refractivity contribution in [2.45, 2.75) is 47.4 Å². The summed E-state index contributed by atoms with van der Waals surface area (Å²) in [5.41, 5.74) is 6.28. The molecule has 0 spiro atoms. The molecule has 0 radical (unpaired) electrons. The van der Waals surface area contributed by atoms with Gasteiger partial charge in [-0.3, -0.25) is 0 Å². The first-order valence-electron chi connectivity index (χ1n) is 12.1. The fourth-order valence-electron chi connectivity index (χ4n) is 4.26. The van der Waals surface area contributed by atoms with Gasteiger partial charge in [0.15, 0.2) is 11.4 Å². The second-order valence-corrected chi connectivity index (χ2v) is 7.68. The first kappa shape index (κ1) is 14.0. The molecule has 4 aromatic rings. The SMILES string of the molecule is [2H]c1c(C)c(C([2H])(C)C([2H])([2H])[2H])c(C)[n+](C)c1-c1c(C)ccc2c1oc1c(C)c([N+]#[C-])ccc12. The standard InChI is InChI=1S/C26H27N2O/c1-14(2)23-16(4)13-22(28(8)18(23)6)24-15(3)9-10-20-19-11-12-21(27-7)17(5)25(19)29-26(20)24/h9-14H,1-6,8H3/q+1/i1D3,13D,14D. The van der Waals surface area contributed by atoms with Crippen molar-refractivity contribution >= 4 is 27.6 Å². The van der Waals surface area contributed by atoms with E-state index in [1.165, 1.54) is 6.92 Å². The average Bonchev–Trinajstić information content (AvgIpc) is 3.13. The van der Waals surface area contributed by atoms with Crippen molar-refractivity contribution in [3.05, 3.63) is 69.7 Å². The minimum absolute atomic E-state index is 0.167. The van der Waals surface area contributed by atoms with Crippen LogP contribution in [0.15, 0.2) is 34.7 Å². The number of aryl methyl sites for hydroxylation is 2. The van der Waals surface area contributed by atoms with E-state index in [1.807, 2.05) is 32.0 Å². The zero-order chi connectivity index (χ0) is 25.3. The van der Waals surface area contributed by atoms with E-state index < -0.39 is 12.7 Å². The van der Waals surface area contributed by atoms with Crippen LogP contribution in [0.5, 0.6) is 0 Å². The summed E-state index contributed by atoms with van der Waals surface area (Å²) in [5.74, 6) is -1.86. The highest BCUT2D eigenvalue weighted by Crippen LogP contribution is 2.40. The summed E-state index contributed by atoms with van der Waals surface area (Å²) in [4.78, 5) is 3.58. The van der Waals surface area contributed by atoms with Gasteiger partial charge >= 0.3 is 0 Å². The third kappa shape index (κ3) is 2.75. The molecule has 1 unspecified atom stereocenters. The van der Waals surface area contributed by atoms with E-state index in [2.05, 4.69) is 4.85 Å². The average molecular weight is 389 g/mol. The van der Waals surface area contributed by atoms with Crippen molar-refractivity contribution in [2.75, 3.05) is 0 Å². The van der Waals surface area contributed by atoms with Gasteiger partial charge in [-0.05, 0) is 43.4 Å². The third-order valence-electron chi connectivity index (χ3n) is 5.85. The summed E-state index contributed by atoms with van der Waals surface area (Å²) in [6.45, 7) is 13.6. The Bertz CT molecular complexity index is 1510. The smallest absolute Gasteiger partial charge is 0.216 e. The number of hydrogen-bond donors (Lipinski definition) is 0. The molecule has 0 saturated heterocycles. The molecule has 0 aliphatic heterocycles. The molecule has 0 saturated carbocycles. The molecular weight excluding hydrogens is 356 g/mol. The van der Waals surface area contributed by atoms with Crippen molar-refractivity contribution in [3.63, 3.8) is 0 Å². The maximum absolute atomic E-state index is 9.04. The normalized spacial score (nSPS) is 16.5. The molecule has 0 aliphatic rings. The van der Waals surface area contributed by atoms with Crippen LogP contribution in [0, 0.1) is 34.3 Å². The van der Waals surface area contributed by atoms with Gasteiger partial charge in [0.05, 0.1) is 13.5 Å². The minimum Gasteiger partial charge on any atom is -0.456 e. The fraction of sp³-hybridized carbons (Fsp3) is 0.308. The van der Waals surface area contributed by atoms with E-state index in [0.717, 1.165) is 27.5 Å². The second kappa shape index (κ2) is 6.74. The summed E-state index contributed by atoms with van der Waals surface area (Å²) < 4.78 is 49.6. The Morgan fingerprint density at radius 2 is 1.79 bits per heavy atom. The molecule has 0 N–H and O–H groups in total. The summed E-state index contributed by atoms with van der Waals surface area (Å²) in [5, 5.41) is 1.79. The lowest BCUT2D eigenvalue weighted by Gasteiger charge is -2.15. The third-order valence-corrected chi connectivity index (χ3v) is 5.85. The lowest BCUT2D eigenvalue weighted by Crippen LogP contribution is -2.37. The van der Waals surface area contributed by atoms with Crippen LogP contribution < -0.4 is 4.57 Å². The van der Waals surface area contributed by atoms with Gasteiger partial charge in [-0.25, -0.2) is 4.85 Å². The Labute approximate surface area is 179 Å². The predicted molar refractivity (Wildman–Crippen MR) is 120 cm³/mol. The van der Waals surface area contributed by atoms with Crippen LogP contribution in [0.4, 0.5) is 5.69 Å². The van der Waals surface area contributed by atoms with E-state index in [9.17, 15) is 0 Å². The topological polar surface area (TPSA) is 21.4 Å². The van der Waals surface area contributed by atoms with Gasteiger partial charge in [-0.15, -0.1) is 0 Å². The molecule has 4 rings (SSSR count). The number of nitrogens with zero attached hydrogens (tertiary/aromatic N) is 2. The van der Waals surface area contributed by atoms with Gasteiger partial charge in [0.1, 0.15) is 18.2 Å². The Morgan fingerprint density at radius 1 is 1.10 bits per heavy atom. The molecule has 146 valence electrons. The molecule has 2 aromatic carbocycles. The largest absolute Gasteiger partial charge is 0.456 e. The highest BCUT2D eigenvalue weighted by atomic mass is 16.3. The van der Waals surface area contributed by atoms with Crippen LogP contribution in [-0.4, -0.2) is 0 Å². The lowest BCUT2D eigenvalue weighted by atomic mass is 9.93. The van der Waals surface area contributed by atoms with Crippen LogP contribution in [0.25, 0.3) is 38.0 Å². The molecule has 0 bridgehead atoms. The maximum Gasteiger partial charge on any atom is 0.216 e. The van der Waals surface area contributed by atoms with Crippen molar-refractivity contribution in [3.8, 4) is 11.3 Å². The summed E-state index contributed by atoms with van der Waals surface area (Å²) in [6, 6.07) is 7.83. The van der Waals surface area contributed by atoms with E-state index in [1.54, 1.807) is 31.5 Å². The van der Waals surface area contributed by atoms with Gasteiger partial charge in [-0.2, -0.15) is 4.57 Å². The van der Waals surface area contributed by atoms with E-state index >= 15 is 0 Å². The van der Waals surface area contributed by atoms with Crippen molar-refractivity contribution < 1.29 is 15.8 Å². The van der Waals surface area contributed by atoms with Gasteiger partial charge in [0.25, 0.3) is 0 Å². The van der Waals surface area contributed by atoms with Gasteiger partial charge in [0.2, 0.25) is 5.69 Å². The van der Waals surface area contributed by atoms with Crippen LogP contribution >= 0.6 is 0 Å². The quantitative estimate of drug-likeness (QED) is 0.268. The van der Waals surface area contributed by atoms with Gasteiger partial charge in [-0.1, -0.05) is 38.0 Å². The molecule has 0 aliphatic carbocycles. The van der Waals surface area contributed by atoms with Gasteiger partial charge in [0, 0.05) is 34.8 Å². The van der Waals surface area contributed by atoms with E-state index in [-0.39, 0.29) is 6.04 Å². The molecule has 1 atom stereocenters. The summed E-state index contributed by atoms with van der Waals surface area (Å²) >= 11 is 0. The van der Waals surface area contributed by atoms with Gasteiger partial charge < -0.3 is 4.42 Å². The number of pyridine rings is 1. The first-order chi connectivity index (χ1) is 15.7. The summed E-state index contributed by atoms with van der Waals surface area (Å²) in [6.07, 6.45) is 0. The highest BCUT2D eigenvalue weighted by molar-refractivity contribution is 6.11. The number of rotatable bonds is 2. The molecule has 3 heteroatoms. The molecule has 2 aromatic heterocycles. The zero-order valence-corrected chi connectivity index (χ0v) is 17.6. The zero-order valence-electron chi connectivity index (χ0n) is 22.6.